The molecule has 1 aliphatic rings. The number of rotatable bonds is 8. The van der Waals surface area contributed by atoms with E-state index in [2.05, 4.69) is 26.3 Å². The van der Waals surface area contributed by atoms with Gasteiger partial charge in [0.15, 0.2) is 0 Å². The first-order valence-corrected chi connectivity index (χ1v) is 10.4. The summed E-state index contributed by atoms with van der Waals surface area (Å²) in [4.78, 5) is 22.1. The predicted molar refractivity (Wildman–Crippen MR) is 120 cm³/mol. The Labute approximate surface area is 190 Å². The van der Waals surface area contributed by atoms with E-state index in [1.165, 1.54) is 36.5 Å². The van der Waals surface area contributed by atoms with Crippen LogP contribution in [0.5, 0.6) is 0 Å². The number of halogens is 2. The van der Waals surface area contributed by atoms with Crippen molar-refractivity contribution in [1.82, 2.24) is 15.2 Å². The van der Waals surface area contributed by atoms with Gasteiger partial charge in [0.1, 0.15) is 11.7 Å². The van der Waals surface area contributed by atoms with Crippen molar-refractivity contribution in [3.63, 3.8) is 0 Å². The zero-order valence-electron chi connectivity index (χ0n) is 18.0. The maximum absolute atomic E-state index is 13.4. The number of hydrogen-bond acceptors (Lipinski definition) is 6. The van der Waals surface area contributed by atoms with Crippen LogP contribution in [0, 0.1) is 23.1 Å². The van der Waals surface area contributed by atoms with E-state index in [1.54, 1.807) is 12.1 Å². The molecule has 8 nitrogen and oxygen atoms in total. The molecule has 1 aromatic heterocycles. The molecule has 0 spiro atoms. The fraction of sp³-hybridized carbons (Fsp3) is 0.304. The molecule has 33 heavy (non-hydrogen) atoms. The van der Waals surface area contributed by atoms with Crippen molar-refractivity contribution in [2.75, 3.05) is 13.1 Å². The average molecular weight is 453 g/mol. The van der Waals surface area contributed by atoms with Gasteiger partial charge in [-0.2, -0.15) is 9.65 Å². The second-order valence-corrected chi connectivity index (χ2v) is 7.88. The number of nitrogens with one attached hydrogen (secondary N) is 1. The first-order chi connectivity index (χ1) is 15.8. The van der Waals surface area contributed by atoms with Crippen molar-refractivity contribution in [1.29, 1.82) is 5.26 Å². The molecule has 172 valence electrons. The topological polar surface area (TPSA) is 133 Å². The number of nitrogens with two attached hydrogens (primary N) is 2. The summed E-state index contributed by atoms with van der Waals surface area (Å²) in [5, 5.41) is 12.5. The van der Waals surface area contributed by atoms with Gasteiger partial charge in [-0.15, -0.1) is 0 Å². The second kappa shape index (κ2) is 10.7. The number of benzene rings is 1. The van der Waals surface area contributed by atoms with E-state index in [4.69, 9.17) is 11.5 Å². The molecular formula is C23H25F2N7O. The molecule has 2 heterocycles. The van der Waals surface area contributed by atoms with Crippen molar-refractivity contribution in [3.05, 3.63) is 71.7 Å². The lowest BCUT2D eigenvalue weighted by Gasteiger charge is -2.41. The third-order valence-corrected chi connectivity index (χ3v) is 5.53. The molecule has 0 unspecified atom stereocenters. The van der Waals surface area contributed by atoms with E-state index in [9.17, 15) is 18.8 Å². The van der Waals surface area contributed by atoms with Crippen LogP contribution >= 0.6 is 0 Å². The Morgan fingerprint density at radius 3 is 2.52 bits per heavy atom. The van der Waals surface area contributed by atoms with Gasteiger partial charge in [-0.05, 0) is 49.2 Å². The SMILES string of the molecule is N#CCC1(N/C=C(/C(N)=O)C(N)=Nc2ccc(F)cc2)CCN(Cc2cccc(F)n2)CC1. The normalized spacial score (nSPS) is 16.8. The van der Waals surface area contributed by atoms with Crippen LogP contribution in [0.3, 0.4) is 0 Å². The summed E-state index contributed by atoms with van der Waals surface area (Å²) in [5.74, 6) is -1.84. The molecule has 0 atom stereocenters. The number of nitrogens with zero attached hydrogens (tertiary/aromatic N) is 4. The van der Waals surface area contributed by atoms with Gasteiger partial charge in [0, 0.05) is 25.8 Å². The fourth-order valence-electron chi connectivity index (χ4n) is 3.64. The number of carbonyl (C=O) groups is 1. The molecule has 0 saturated carbocycles. The van der Waals surface area contributed by atoms with Gasteiger partial charge in [-0.3, -0.25) is 9.69 Å². The number of piperidine rings is 1. The lowest BCUT2D eigenvalue weighted by molar-refractivity contribution is -0.114. The molecule has 1 aliphatic heterocycles. The van der Waals surface area contributed by atoms with E-state index in [0.717, 1.165) is 0 Å². The highest BCUT2D eigenvalue weighted by Gasteiger charge is 2.34. The smallest absolute Gasteiger partial charge is 0.253 e. The molecule has 0 bridgehead atoms. The van der Waals surface area contributed by atoms with Gasteiger partial charge < -0.3 is 16.8 Å². The monoisotopic (exact) mass is 453 g/mol. The summed E-state index contributed by atoms with van der Waals surface area (Å²) in [6, 6.07) is 12.2. The average Bonchev–Trinajstić information content (AvgIpc) is 2.77. The van der Waals surface area contributed by atoms with Crippen molar-refractivity contribution in [3.8, 4) is 6.07 Å². The fourth-order valence-corrected chi connectivity index (χ4v) is 3.64. The lowest BCUT2D eigenvalue weighted by atomic mass is 9.84. The highest BCUT2D eigenvalue weighted by atomic mass is 19.1. The molecule has 1 fully saturated rings. The lowest BCUT2D eigenvalue weighted by Crippen LogP contribution is -2.51. The van der Waals surface area contributed by atoms with E-state index < -0.39 is 23.2 Å². The number of primary amides is 1. The van der Waals surface area contributed by atoms with Crippen molar-refractivity contribution >= 4 is 17.4 Å². The molecule has 10 heteroatoms. The highest BCUT2D eigenvalue weighted by Crippen LogP contribution is 2.27. The molecule has 1 aromatic carbocycles. The maximum Gasteiger partial charge on any atom is 0.253 e. The van der Waals surface area contributed by atoms with Crippen molar-refractivity contribution in [2.45, 2.75) is 31.3 Å². The third kappa shape index (κ3) is 6.57. The Kier molecular flexibility index (Phi) is 7.69. The Morgan fingerprint density at radius 2 is 1.91 bits per heavy atom. The summed E-state index contributed by atoms with van der Waals surface area (Å²) in [6.07, 6.45) is 2.81. The van der Waals surface area contributed by atoms with Gasteiger partial charge in [0.05, 0.1) is 35.0 Å². The summed E-state index contributed by atoms with van der Waals surface area (Å²) in [7, 11) is 0. The standard InChI is InChI=1S/C23H25F2N7O/c24-16-4-6-17(7-5-16)31-21(27)19(22(28)33)14-29-23(8-11-26)9-12-32(13-10-23)15-18-2-1-3-20(25)30-18/h1-7,14,29H,8-10,12-13,15H2,(H2,27,31)(H2,28,33)/b19-14+. The van der Waals surface area contributed by atoms with Crippen LogP contribution in [0.15, 0.2) is 59.2 Å². The van der Waals surface area contributed by atoms with E-state index >= 15 is 0 Å². The summed E-state index contributed by atoms with van der Waals surface area (Å²) in [5.41, 5.74) is 11.8. The molecule has 0 aliphatic carbocycles. The molecule has 1 saturated heterocycles. The number of amides is 1. The third-order valence-electron chi connectivity index (χ3n) is 5.53. The molecule has 5 N–H and O–H groups in total. The van der Waals surface area contributed by atoms with Crippen LogP contribution in [-0.4, -0.2) is 40.3 Å². The van der Waals surface area contributed by atoms with Gasteiger partial charge in [0.2, 0.25) is 5.95 Å². The zero-order chi connectivity index (χ0) is 23.8. The van der Waals surface area contributed by atoms with Crippen LogP contribution in [0.2, 0.25) is 0 Å². The largest absolute Gasteiger partial charge is 0.384 e. The predicted octanol–water partition coefficient (Wildman–Crippen LogP) is 2.26. The van der Waals surface area contributed by atoms with Crippen molar-refractivity contribution in [2.24, 2.45) is 16.5 Å². The van der Waals surface area contributed by atoms with Gasteiger partial charge in [-0.1, -0.05) is 6.07 Å². The number of pyridine rings is 1. The number of likely N-dealkylation sites (tertiary alicyclic amines) is 1. The highest BCUT2D eigenvalue weighted by molar-refractivity contribution is 6.20. The minimum atomic E-state index is -0.785. The molecule has 0 radical (unpaired) electrons. The second-order valence-electron chi connectivity index (χ2n) is 7.88. The van der Waals surface area contributed by atoms with E-state index in [1.807, 2.05) is 0 Å². The van der Waals surface area contributed by atoms with Crippen LogP contribution in [0.1, 0.15) is 25.0 Å². The van der Waals surface area contributed by atoms with Crippen LogP contribution in [0.25, 0.3) is 0 Å². The van der Waals surface area contributed by atoms with Crippen LogP contribution in [-0.2, 0) is 11.3 Å². The van der Waals surface area contributed by atoms with Gasteiger partial charge >= 0.3 is 0 Å². The Balaban J connectivity index is 1.71. The molecule has 1 amide bonds. The number of amidine groups is 1. The van der Waals surface area contributed by atoms with Gasteiger partial charge in [-0.25, -0.2) is 14.4 Å². The number of carbonyl (C=O) groups excluding carboxylic acids is 1. The Hall–Kier alpha value is -3.84. The maximum atomic E-state index is 13.4. The van der Waals surface area contributed by atoms with Crippen LogP contribution in [0.4, 0.5) is 14.5 Å². The summed E-state index contributed by atoms with van der Waals surface area (Å²) in [6.45, 7) is 1.79. The summed E-state index contributed by atoms with van der Waals surface area (Å²) >= 11 is 0. The number of aromatic nitrogens is 1. The minimum Gasteiger partial charge on any atom is -0.384 e. The van der Waals surface area contributed by atoms with Crippen molar-refractivity contribution < 1.29 is 13.6 Å². The zero-order valence-corrected chi connectivity index (χ0v) is 18.0. The molecule has 2 aromatic rings. The summed E-state index contributed by atoms with van der Waals surface area (Å²) < 4.78 is 26.4. The Bertz CT molecular complexity index is 1080. The molecule has 3 rings (SSSR count). The van der Waals surface area contributed by atoms with E-state index in [0.29, 0.717) is 43.9 Å². The first-order valence-electron chi connectivity index (χ1n) is 10.4. The molecular weight excluding hydrogens is 428 g/mol. The first kappa shape index (κ1) is 23.8. The Morgan fingerprint density at radius 1 is 1.21 bits per heavy atom. The quantitative estimate of drug-likeness (QED) is 0.243. The van der Waals surface area contributed by atoms with Crippen LogP contribution < -0.4 is 16.8 Å². The number of aliphatic imine (C=N–C) groups is 1. The van der Waals surface area contributed by atoms with Gasteiger partial charge in [0.25, 0.3) is 5.91 Å². The number of hydrogen-bond donors (Lipinski definition) is 3. The minimum absolute atomic E-state index is 0.0389. The number of nitriles is 1. The van der Waals surface area contributed by atoms with E-state index in [-0.39, 0.29) is 17.8 Å².